The van der Waals surface area contributed by atoms with Crippen LogP contribution in [-0.4, -0.2) is 15.1 Å². The predicted molar refractivity (Wildman–Crippen MR) is 161 cm³/mol. The Hall–Kier alpha value is -4.01. The molecule has 6 rings (SSSR count). The number of rotatable bonds is 6. The molecule has 1 N–H and O–H groups in total. The second kappa shape index (κ2) is 11.5. The van der Waals surface area contributed by atoms with Gasteiger partial charge in [-0.15, -0.1) is 29.8 Å². The van der Waals surface area contributed by atoms with E-state index < -0.39 is 0 Å². The van der Waals surface area contributed by atoms with Crippen molar-refractivity contribution in [3.05, 3.63) is 126 Å². The zero-order valence-electron chi connectivity index (χ0n) is 23.5. The number of hydrogen-bond acceptors (Lipinski definition) is 4. The fourth-order valence-corrected chi connectivity index (χ4v) is 5.07. The van der Waals surface area contributed by atoms with Gasteiger partial charge < -0.3 is 9.52 Å². The third-order valence-corrected chi connectivity index (χ3v) is 7.56. The fraction of sp³-hybridized carbons (Fsp3) is 0.167. The number of para-hydroxylation sites is 1. The summed E-state index contributed by atoms with van der Waals surface area (Å²) in [6, 6.07) is 37.7. The first kappa shape index (κ1) is 28.5. The minimum Gasteiger partial charge on any atom is -0.507 e. The zero-order chi connectivity index (χ0) is 27.9. The van der Waals surface area contributed by atoms with Crippen molar-refractivity contribution in [2.24, 2.45) is 0 Å². The Morgan fingerprint density at radius 2 is 1.46 bits per heavy atom. The molecule has 0 saturated carbocycles. The molecule has 208 valence electrons. The number of phenolic OH excluding ortho intramolecular Hbond substituents is 1. The molecular formula is C36H31N2O2Pt-. The number of oxazole rings is 1. The van der Waals surface area contributed by atoms with Crippen molar-refractivity contribution in [2.45, 2.75) is 39.0 Å². The fourth-order valence-electron chi connectivity index (χ4n) is 5.07. The Morgan fingerprint density at radius 3 is 2.22 bits per heavy atom. The number of aromatic hydroxyl groups is 1. The summed E-state index contributed by atoms with van der Waals surface area (Å²) in [6.07, 6.45) is 0. The van der Waals surface area contributed by atoms with Crippen molar-refractivity contribution >= 4 is 11.1 Å². The molecule has 0 saturated heterocycles. The van der Waals surface area contributed by atoms with Crippen molar-refractivity contribution in [3.63, 3.8) is 0 Å². The largest absolute Gasteiger partial charge is 0.507 e. The summed E-state index contributed by atoms with van der Waals surface area (Å²) in [7, 11) is 0. The van der Waals surface area contributed by atoms with E-state index in [1.54, 1.807) is 12.1 Å². The number of aromatic nitrogens is 2. The van der Waals surface area contributed by atoms with Crippen molar-refractivity contribution in [1.29, 1.82) is 0 Å². The van der Waals surface area contributed by atoms with Gasteiger partial charge in [0.15, 0.2) is 0 Å². The van der Waals surface area contributed by atoms with E-state index >= 15 is 0 Å². The quantitative estimate of drug-likeness (QED) is 0.175. The van der Waals surface area contributed by atoms with Crippen LogP contribution in [0.25, 0.3) is 44.9 Å². The van der Waals surface area contributed by atoms with E-state index in [2.05, 4.69) is 82.3 Å². The molecule has 2 aromatic heterocycles. The van der Waals surface area contributed by atoms with Gasteiger partial charge in [-0.05, 0) is 41.3 Å². The van der Waals surface area contributed by atoms with E-state index in [0.29, 0.717) is 23.0 Å². The van der Waals surface area contributed by atoms with Crippen LogP contribution >= 0.6 is 0 Å². The summed E-state index contributed by atoms with van der Waals surface area (Å²) in [5.74, 6) is 0.824. The average molecular weight is 719 g/mol. The number of benzene rings is 4. The monoisotopic (exact) mass is 718 g/mol. The molecule has 0 aliphatic carbocycles. The van der Waals surface area contributed by atoms with Gasteiger partial charge in [0.2, 0.25) is 5.89 Å². The molecule has 0 atom stereocenters. The van der Waals surface area contributed by atoms with Crippen LogP contribution in [0.1, 0.15) is 50.4 Å². The van der Waals surface area contributed by atoms with Crippen LogP contribution in [0.15, 0.2) is 108 Å². The van der Waals surface area contributed by atoms with Crippen LogP contribution in [0.2, 0.25) is 0 Å². The summed E-state index contributed by atoms with van der Waals surface area (Å²) in [5.41, 5.74) is 8.75. The van der Waals surface area contributed by atoms with Gasteiger partial charge in [0, 0.05) is 37.9 Å². The minimum absolute atomic E-state index is 0. The van der Waals surface area contributed by atoms with E-state index in [1.807, 2.05) is 42.5 Å². The molecule has 0 spiro atoms. The van der Waals surface area contributed by atoms with Gasteiger partial charge in [0.1, 0.15) is 11.3 Å². The van der Waals surface area contributed by atoms with E-state index in [0.717, 1.165) is 39.2 Å². The van der Waals surface area contributed by atoms with E-state index in [-0.39, 0.29) is 32.2 Å². The van der Waals surface area contributed by atoms with Crippen LogP contribution in [-0.2, 0) is 26.5 Å². The standard InChI is InChI=1S/C36H31N2O2.Pt/c1-23(2)26-21-29(34-32(22-26)40-35(38-34)28-16-8-9-18-31(28)39)24-12-10-13-25(20-24)30-17-11-19-33(37-30)36(3,4)27-14-6-5-7-15-27;/h5-19,21-23,39H,1-4H3;/q-1;. The van der Waals surface area contributed by atoms with Crippen LogP contribution in [0, 0.1) is 6.07 Å². The molecule has 0 aliphatic heterocycles. The third-order valence-electron chi connectivity index (χ3n) is 7.56. The first-order valence-electron chi connectivity index (χ1n) is 13.6. The molecular weight excluding hydrogens is 687 g/mol. The van der Waals surface area contributed by atoms with Gasteiger partial charge in [-0.25, -0.2) is 4.98 Å². The molecule has 0 fully saturated rings. The Kier molecular flexibility index (Phi) is 7.97. The Labute approximate surface area is 255 Å². The van der Waals surface area contributed by atoms with Gasteiger partial charge in [-0.3, -0.25) is 4.98 Å². The summed E-state index contributed by atoms with van der Waals surface area (Å²) < 4.78 is 6.20. The number of fused-ring (bicyclic) bond motifs is 1. The van der Waals surface area contributed by atoms with Crippen LogP contribution in [0.4, 0.5) is 0 Å². The normalized spacial score (nSPS) is 11.5. The molecule has 4 aromatic carbocycles. The van der Waals surface area contributed by atoms with Crippen molar-refractivity contribution < 1.29 is 30.6 Å². The van der Waals surface area contributed by atoms with E-state index in [9.17, 15) is 5.11 Å². The topological polar surface area (TPSA) is 59.2 Å². The van der Waals surface area contributed by atoms with Gasteiger partial charge >= 0.3 is 0 Å². The van der Waals surface area contributed by atoms with E-state index in [1.165, 1.54) is 5.56 Å². The molecule has 0 unspecified atom stereocenters. The maximum Gasteiger partial charge on any atom is 0.230 e. The van der Waals surface area contributed by atoms with Crippen LogP contribution in [0.3, 0.4) is 0 Å². The van der Waals surface area contributed by atoms with E-state index in [4.69, 9.17) is 14.4 Å². The molecule has 0 radical (unpaired) electrons. The second-order valence-corrected chi connectivity index (χ2v) is 11.0. The van der Waals surface area contributed by atoms with Gasteiger partial charge in [-0.1, -0.05) is 99.5 Å². The molecule has 4 nitrogen and oxygen atoms in total. The Balaban J connectivity index is 0.00000337. The van der Waals surface area contributed by atoms with Gasteiger partial charge in [0.05, 0.1) is 11.1 Å². The Bertz CT molecular complexity index is 1820. The van der Waals surface area contributed by atoms with Gasteiger partial charge in [-0.2, -0.15) is 0 Å². The maximum atomic E-state index is 10.4. The molecule has 0 bridgehead atoms. The molecule has 5 heteroatoms. The molecule has 6 aromatic rings. The minimum atomic E-state index is -0.243. The van der Waals surface area contributed by atoms with Crippen molar-refractivity contribution in [3.8, 4) is 39.6 Å². The molecule has 2 heterocycles. The number of pyridine rings is 1. The smallest absolute Gasteiger partial charge is 0.230 e. The summed E-state index contributed by atoms with van der Waals surface area (Å²) >= 11 is 0. The summed E-state index contributed by atoms with van der Waals surface area (Å²) in [6.45, 7) is 8.73. The van der Waals surface area contributed by atoms with Crippen LogP contribution in [0.5, 0.6) is 5.75 Å². The van der Waals surface area contributed by atoms with Crippen molar-refractivity contribution in [1.82, 2.24) is 9.97 Å². The first-order chi connectivity index (χ1) is 19.3. The Morgan fingerprint density at radius 1 is 0.756 bits per heavy atom. The molecule has 0 amide bonds. The summed E-state index contributed by atoms with van der Waals surface area (Å²) in [4.78, 5) is 9.93. The predicted octanol–water partition coefficient (Wildman–Crippen LogP) is 9.18. The zero-order valence-corrected chi connectivity index (χ0v) is 25.7. The average Bonchev–Trinajstić information content (AvgIpc) is 3.41. The van der Waals surface area contributed by atoms with Crippen LogP contribution < -0.4 is 0 Å². The number of hydrogen-bond donors (Lipinski definition) is 1. The molecule has 41 heavy (non-hydrogen) atoms. The summed E-state index contributed by atoms with van der Waals surface area (Å²) in [5, 5.41) is 10.4. The second-order valence-electron chi connectivity index (χ2n) is 11.0. The third kappa shape index (κ3) is 5.49. The van der Waals surface area contributed by atoms with Crippen molar-refractivity contribution in [2.75, 3.05) is 0 Å². The SMILES string of the molecule is CC(C)c1cc(-c2[c-]c(-c3cccc(C(C)(C)c4ccccc4)n3)ccc2)c2nc(-c3ccccc3O)oc2c1.[Pt]. The number of nitrogens with zero attached hydrogens (tertiary/aromatic N) is 2. The first-order valence-corrected chi connectivity index (χ1v) is 13.6. The molecule has 0 aliphatic rings. The number of phenols is 1. The van der Waals surface area contributed by atoms with Gasteiger partial charge in [0.25, 0.3) is 0 Å². The maximum absolute atomic E-state index is 10.4.